The highest BCUT2D eigenvalue weighted by atomic mass is 16.2. The largest absolute Gasteiger partial charge is 0.344 e. The van der Waals surface area contributed by atoms with E-state index in [4.69, 9.17) is 0 Å². The van der Waals surface area contributed by atoms with Gasteiger partial charge in [-0.15, -0.1) is 0 Å². The van der Waals surface area contributed by atoms with Crippen LogP contribution in [-0.2, 0) is 14.4 Å². The highest BCUT2D eigenvalue weighted by Crippen LogP contribution is 1.99. The molecule has 0 atom stereocenters. The van der Waals surface area contributed by atoms with Crippen LogP contribution in [0.4, 0.5) is 0 Å². The zero-order chi connectivity index (χ0) is 20.7. The SMILES string of the molecule is CC.CCCCCN(C)C(=O)CN(C)C(=O)CN(C)C(=O)CN(C)CC. The number of hydrogen-bond acceptors (Lipinski definition) is 4. The lowest BCUT2D eigenvalue weighted by Crippen LogP contribution is -2.45. The fourth-order valence-corrected chi connectivity index (χ4v) is 2.01. The van der Waals surface area contributed by atoms with E-state index in [9.17, 15) is 14.4 Å². The van der Waals surface area contributed by atoms with E-state index in [2.05, 4.69) is 6.92 Å². The fourth-order valence-electron chi connectivity index (χ4n) is 2.01. The maximum absolute atomic E-state index is 12.2. The minimum Gasteiger partial charge on any atom is -0.344 e. The second kappa shape index (κ2) is 15.6. The Balaban J connectivity index is 0. The average Bonchev–Trinajstić information content (AvgIpc) is 2.62. The van der Waals surface area contributed by atoms with Gasteiger partial charge in [0, 0.05) is 27.7 Å². The second-order valence-electron chi connectivity index (χ2n) is 6.35. The molecule has 0 aromatic rings. The monoisotopic (exact) mass is 372 g/mol. The molecule has 0 unspecified atom stereocenters. The fraction of sp³-hybridized carbons (Fsp3) is 0.842. The number of unbranched alkanes of at least 4 members (excludes halogenated alkanes) is 2. The number of amides is 3. The maximum atomic E-state index is 12.2. The van der Waals surface area contributed by atoms with Gasteiger partial charge in [0.15, 0.2) is 0 Å². The summed E-state index contributed by atoms with van der Waals surface area (Å²) >= 11 is 0. The molecule has 26 heavy (non-hydrogen) atoms. The van der Waals surface area contributed by atoms with Crippen molar-refractivity contribution in [2.75, 3.05) is 60.9 Å². The molecule has 7 heteroatoms. The molecule has 0 aliphatic carbocycles. The van der Waals surface area contributed by atoms with Crippen molar-refractivity contribution in [2.24, 2.45) is 0 Å². The first-order chi connectivity index (χ1) is 12.2. The van der Waals surface area contributed by atoms with Crippen LogP contribution in [-0.4, -0.2) is 98.2 Å². The molecule has 0 saturated heterocycles. The third-order valence-electron chi connectivity index (χ3n) is 4.06. The molecule has 7 nitrogen and oxygen atoms in total. The van der Waals surface area contributed by atoms with Gasteiger partial charge in [-0.3, -0.25) is 19.3 Å². The third kappa shape index (κ3) is 11.8. The highest BCUT2D eigenvalue weighted by molar-refractivity contribution is 5.88. The second-order valence-corrected chi connectivity index (χ2v) is 6.35. The van der Waals surface area contributed by atoms with Gasteiger partial charge in [-0.1, -0.05) is 40.5 Å². The average molecular weight is 373 g/mol. The first-order valence-electron chi connectivity index (χ1n) is 9.63. The van der Waals surface area contributed by atoms with Gasteiger partial charge in [0.05, 0.1) is 19.6 Å². The van der Waals surface area contributed by atoms with Gasteiger partial charge in [-0.2, -0.15) is 0 Å². The molecule has 0 spiro atoms. The molecule has 3 amide bonds. The van der Waals surface area contributed by atoms with Crippen LogP contribution in [0, 0.1) is 0 Å². The van der Waals surface area contributed by atoms with Crippen molar-refractivity contribution in [3.8, 4) is 0 Å². The number of nitrogens with zero attached hydrogens (tertiary/aromatic N) is 4. The molecule has 154 valence electrons. The van der Waals surface area contributed by atoms with Crippen LogP contribution in [0.15, 0.2) is 0 Å². The van der Waals surface area contributed by atoms with Gasteiger partial charge in [0.2, 0.25) is 17.7 Å². The van der Waals surface area contributed by atoms with Crippen molar-refractivity contribution >= 4 is 17.7 Å². The minimum absolute atomic E-state index is 0.0142. The Morgan fingerprint density at radius 1 is 0.654 bits per heavy atom. The van der Waals surface area contributed by atoms with Gasteiger partial charge in [0.1, 0.15) is 0 Å². The Morgan fingerprint density at radius 2 is 1.08 bits per heavy atom. The molecular formula is C19H40N4O3. The molecular weight excluding hydrogens is 332 g/mol. The summed E-state index contributed by atoms with van der Waals surface area (Å²) in [5, 5.41) is 0. The van der Waals surface area contributed by atoms with Crippen LogP contribution in [0.5, 0.6) is 0 Å². The van der Waals surface area contributed by atoms with Crippen LogP contribution < -0.4 is 0 Å². The quantitative estimate of drug-likeness (QED) is 0.516. The zero-order valence-corrected chi connectivity index (χ0v) is 18.2. The van der Waals surface area contributed by atoms with E-state index >= 15 is 0 Å². The Bertz CT molecular complexity index is 416. The number of carbonyl (C=O) groups is 3. The summed E-state index contributed by atoms with van der Waals surface area (Å²) in [5.41, 5.74) is 0. The summed E-state index contributed by atoms with van der Waals surface area (Å²) in [4.78, 5) is 42.6. The molecule has 0 fully saturated rings. The lowest BCUT2D eigenvalue weighted by Gasteiger charge is -2.25. The molecule has 0 aromatic carbocycles. The Morgan fingerprint density at radius 3 is 1.50 bits per heavy atom. The van der Waals surface area contributed by atoms with Gasteiger partial charge < -0.3 is 14.7 Å². The number of likely N-dealkylation sites (N-methyl/N-ethyl adjacent to an activating group) is 4. The van der Waals surface area contributed by atoms with E-state index in [0.717, 1.165) is 25.8 Å². The molecule has 0 aliphatic rings. The van der Waals surface area contributed by atoms with E-state index < -0.39 is 0 Å². The van der Waals surface area contributed by atoms with Crippen LogP contribution in [0.1, 0.15) is 47.0 Å². The van der Waals surface area contributed by atoms with Crippen molar-refractivity contribution in [3.63, 3.8) is 0 Å². The lowest BCUT2D eigenvalue weighted by molar-refractivity contribution is -0.142. The maximum Gasteiger partial charge on any atom is 0.242 e. The molecule has 0 saturated carbocycles. The van der Waals surface area contributed by atoms with Crippen LogP contribution >= 0.6 is 0 Å². The topological polar surface area (TPSA) is 64.2 Å². The zero-order valence-electron chi connectivity index (χ0n) is 18.2. The molecule has 0 rings (SSSR count). The van der Waals surface area contributed by atoms with E-state index in [1.54, 1.807) is 26.0 Å². The van der Waals surface area contributed by atoms with Crippen LogP contribution in [0.25, 0.3) is 0 Å². The van der Waals surface area contributed by atoms with Gasteiger partial charge >= 0.3 is 0 Å². The molecule has 0 heterocycles. The summed E-state index contributed by atoms with van der Waals surface area (Å²) in [5.74, 6) is -0.425. The molecule has 0 aromatic heterocycles. The van der Waals surface area contributed by atoms with Crippen LogP contribution in [0.3, 0.4) is 0 Å². The molecule has 0 bridgehead atoms. The summed E-state index contributed by atoms with van der Waals surface area (Å²) in [6.45, 7) is 9.86. The van der Waals surface area contributed by atoms with Crippen molar-refractivity contribution in [1.29, 1.82) is 0 Å². The smallest absolute Gasteiger partial charge is 0.242 e. The first kappa shape index (κ1) is 26.6. The number of rotatable bonds is 11. The number of carbonyl (C=O) groups excluding carboxylic acids is 3. The highest BCUT2D eigenvalue weighted by Gasteiger charge is 2.19. The predicted octanol–water partition coefficient (Wildman–Crippen LogP) is 1.53. The van der Waals surface area contributed by atoms with Crippen molar-refractivity contribution < 1.29 is 14.4 Å². The van der Waals surface area contributed by atoms with Crippen molar-refractivity contribution in [1.82, 2.24) is 19.6 Å². The van der Waals surface area contributed by atoms with E-state index in [1.807, 2.05) is 32.7 Å². The van der Waals surface area contributed by atoms with E-state index in [1.165, 1.54) is 9.80 Å². The molecule has 0 N–H and O–H groups in total. The summed E-state index contributed by atoms with van der Waals surface area (Å²) < 4.78 is 0. The van der Waals surface area contributed by atoms with Crippen LogP contribution in [0.2, 0.25) is 0 Å². The minimum atomic E-state index is -0.236. The Labute approximate surface area is 160 Å². The van der Waals surface area contributed by atoms with Gasteiger partial charge in [-0.05, 0) is 20.0 Å². The number of hydrogen-bond donors (Lipinski definition) is 0. The van der Waals surface area contributed by atoms with Crippen molar-refractivity contribution in [3.05, 3.63) is 0 Å². The van der Waals surface area contributed by atoms with Crippen molar-refractivity contribution in [2.45, 2.75) is 47.0 Å². The van der Waals surface area contributed by atoms with Gasteiger partial charge in [0.25, 0.3) is 0 Å². The van der Waals surface area contributed by atoms with E-state index in [-0.39, 0.29) is 37.4 Å². The first-order valence-corrected chi connectivity index (χ1v) is 9.63. The predicted molar refractivity (Wildman–Crippen MR) is 107 cm³/mol. The van der Waals surface area contributed by atoms with Gasteiger partial charge in [-0.25, -0.2) is 0 Å². The van der Waals surface area contributed by atoms with E-state index in [0.29, 0.717) is 6.54 Å². The normalized spacial score (nSPS) is 10.0. The summed E-state index contributed by atoms with van der Waals surface area (Å²) in [6, 6.07) is 0. The summed E-state index contributed by atoms with van der Waals surface area (Å²) in [7, 11) is 6.81. The Kier molecular flexibility index (Phi) is 16.0. The lowest BCUT2D eigenvalue weighted by atomic mass is 10.2. The third-order valence-corrected chi connectivity index (χ3v) is 4.06. The summed E-state index contributed by atoms with van der Waals surface area (Å²) in [6.07, 6.45) is 3.16. The Hall–Kier alpha value is -1.63. The molecule has 0 radical (unpaired) electrons. The standard InChI is InChI=1S/C17H34N4O3.C2H6/c1-7-9-10-11-19(4)16(23)13-21(6)17(24)14-20(5)15(22)12-18(3)8-2;1-2/h7-14H2,1-6H3;1-2H3. The molecule has 0 aliphatic heterocycles.